The Hall–Kier alpha value is -1.47. The molecule has 1 aromatic heterocycles. The number of piperidine rings is 1. The van der Waals surface area contributed by atoms with Gasteiger partial charge >= 0.3 is 0 Å². The van der Waals surface area contributed by atoms with Crippen molar-refractivity contribution in [2.75, 3.05) is 32.7 Å². The van der Waals surface area contributed by atoms with Crippen molar-refractivity contribution in [2.24, 2.45) is 0 Å². The summed E-state index contributed by atoms with van der Waals surface area (Å²) in [4.78, 5) is 20.1. The number of carbonyl (C=O) groups is 1. The van der Waals surface area contributed by atoms with Crippen molar-refractivity contribution in [1.29, 1.82) is 0 Å². The monoisotopic (exact) mass is 336 g/mol. The SMILES string of the molecule is CC(=O)N1CCC[C@@](O)(CN2CCC(c3nc(C)no3)CC2)CC1. The van der Waals surface area contributed by atoms with Crippen LogP contribution in [0.3, 0.4) is 0 Å². The van der Waals surface area contributed by atoms with Crippen molar-refractivity contribution in [3.63, 3.8) is 0 Å². The number of aromatic nitrogens is 2. The minimum absolute atomic E-state index is 0.106. The molecule has 2 aliphatic heterocycles. The normalized spacial score (nSPS) is 27.2. The average Bonchev–Trinajstić information content (AvgIpc) is 2.87. The zero-order chi connectivity index (χ0) is 17.2. The van der Waals surface area contributed by atoms with Crippen LogP contribution in [0.25, 0.3) is 0 Å². The third-order valence-corrected chi connectivity index (χ3v) is 5.36. The predicted octanol–water partition coefficient (Wildman–Crippen LogP) is 1.32. The van der Waals surface area contributed by atoms with Crippen LogP contribution in [0.15, 0.2) is 4.52 Å². The lowest BCUT2D eigenvalue weighted by Gasteiger charge is -2.37. The van der Waals surface area contributed by atoms with Gasteiger partial charge in [0.05, 0.1) is 5.60 Å². The topological polar surface area (TPSA) is 82.7 Å². The molecule has 2 saturated heterocycles. The number of amides is 1. The number of aryl methyl sites for hydroxylation is 1. The van der Waals surface area contributed by atoms with Gasteiger partial charge in [0.2, 0.25) is 11.8 Å². The highest BCUT2D eigenvalue weighted by atomic mass is 16.5. The highest BCUT2D eigenvalue weighted by Gasteiger charge is 2.34. The predicted molar refractivity (Wildman–Crippen MR) is 88.5 cm³/mol. The van der Waals surface area contributed by atoms with E-state index in [1.165, 1.54) is 0 Å². The number of nitrogens with zero attached hydrogens (tertiary/aromatic N) is 4. The van der Waals surface area contributed by atoms with Crippen molar-refractivity contribution in [3.8, 4) is 0 Å². The van der Waals surface area contributed by atoms with E-state index in [0.29, 0.717) is 31.3 Å². The number of hydrogen-bond donors (Lipinski definition) is 1. The molecule has 0 aliphatic carbocycles. The van der Waals surface area contributed by atoms with Gasteiger partial charge in [-0.15, -0.1) is 0 Å². The molecule has 0 unspecified atom stereocenters. The third-order valence-electron chi connectivity index (χ3n) is 5.36. The Bertz CT molecular complexity index is 568. The lowest BCUT2D eigenvalue weighted by Crippen LogP contribution is -2.46. The van der Waals surface area contributed by atoms with E-state index in [0.717, 1.165) is 51.2 Å². The minimum Gasteiger partial charge on any atom is -0.388 e. The lowest BCUT2D eigenvalue weighted by atomic mass is 9.91. The molecule has 1 aromatic rings. The minimum atomic E-state index is -0.682. The number of aliphatic hydroxyl groups is 1. The summed E-state index contributed by atoms with van der Waals surface area (Å²) in [6.45, 7) is 7.42. The Kier molecular flexibility index (Phi) is 5.20. The molecule has 0 aromatic carbocycles. The van der Waals surface area contributed by atoms with E-state index < -0.39 is 5.60 Å². The second kappa shape index (κ2) is 7.19. The number of rotatable bonds is 3. The molecular weight excluding hydrogens is 308 g/mol. The van der Waals surface area contributed by atoms with Gasteiger partial charge in [0.25, 0.3) is 0 Å². The van der Waals surface area contributed by atoms with E-state index in [1.54, 1.807) is 6.92 Å². The summed E-state index contributed by atoms with van der Waals surface area (Å²) in [5.74, 6) is 1.88. The summed E-state index contributed by atoms with van der Waals surface area (Å²) in [6, 6.07) is 0. The molecule has 0 saturated carbocycles. The standard InChI is InChI=1S/C17H28N4O3/c1-13-18-16(24-19-13)15-4-9-20(10-5-15)12-17(23)6-3-8-21(11-7-17)14(2)22/h15,23H,3-12H2,1-2H3/t17-/m0/s1. The number of carbonyl (C=O) groups excluding carboxylic acids is 1. The first kappa shape index (κ1) is 17.4. The van der Waals surface area contributed by atoms with Gasteiger partial charge in [-0.3, -0.25) is 4.79 Å². The fourth-order valence-electron chi connectivity index (χ4n) is 3.89. The molecule has 2 aliphatic rings. The lowest BCUT2D eigenvalue weighted by molar-refractivity contribution is -0.129. The maximum absolute atomic E-state index is 11.5. The molecule has 1 amide bonds. The van der Waals surface area contributed by atoms with Gasteiger partial charge in [0, 0.05) is 32.5 Å². The van der Waals surface area contributed by atoms with Gasteiger partial charge < -0.3 is 19.4 Å². The molecule has 134 valence electrons. The Balaban J connectivity index is 1.51. The van der Waals surface area contributed by atoms with Crippen LogP contribution in [0.1, 0.15) is 56.7 Å². The average molecular weight is 336 g/mol. The highest BCUT2D eigenvalue weighted by molar-refractivity contribution is 5.73. The largest absolute Gasteiger partial charge is 0.388 e. The number of β-amino-alcohol motifs (C(OH)–C–C–N with tert-alkyl or cyclic N) is 1. The first-order chi connectivity index (χ1) is 11.5. The summed E-state index contributed by atoms with van der Waals surface area (Å²) >= 11 is 0. The second-order valence-electron chi connectivity index (χ2n) is 7.31. The van der Waals surface area contributed by atoms with Crippen molar-refractivity contribution in [2.45, 2.75) is 57.5 Å². The Morgan fingerprint density at radius 1 is 1.29 bits per heavy atom. The van der Waals surface area contributed by atoms with E-state index >= 15 is 0 Å². The van der Waals surface area contributed by atoms with E-state index in [9.17, 15) is 9.90 Å². The summed E-state index contributed by atoms with van der Waals surface area (Å²) in [7, 11) is 0. The summed E-state index contributed by atoms with van der Waals surface area (Å²) in [6.07, 6.45) is 4.26. The highest BCUT2D eigenvalue weighted by Crippen LogP contribution is 2.29. The summed E-state index contributed by atoms with van der Waals surface area (Å²) in [5.41, 5.74) is -0.682. The third kappa shape index (κ3) is 4.13. The maximum Gasteiger partial charge on any atom is 0.229 e. The molecule has 1 atom stereocenters. The fourth-order valence-corrected chi connectivity index (χ4v) is 3.89. The van der Waals surface area contributed by atoms with Crippen LogP contribution in [0.2, 0.25) is 0 Å². The molecule has 7 heteroatoms. The van der Waals surface area contributed by atoms with Crippen LogP contribution in [-0.2, 0) is 4.79 Å². The molecule has 0 bridgehead atoms. The molecule has 0 radical (unpaired) electrons. The van der Waals surface area contributed by atoms with Gasteiger partial charge in [0.15, 0.2) is 5.82 Å². The molecule has 3 rings (SSSR count). The van der Waals surface area contributed by atoms with E-state index in [2.05, 4.69) is 15.0 Å². The summed E-state index contributed by atoms with van der Waals surface area (Å²) < 4.78 is 5.29. The van der Waals surface area contributed by atoms with Crippen LogP contribution < -0.4 is 0 Å². The first-order valence-corrected chi connectivity index (χ1v) is 8.96. The molecular formula is C17H28N4O3. The molecule has 1 N–H and O–H groups in total. The van der Waals surface area contributed by atoms with Crippen molar-refractivity contribution < 1.29 is 14.4 Å². The molecule has 3 heterocycles. The zero-order valence-electron chi connectivity index (χ0n) is 14.7. The van der Waals surface area contributed by atoms with Crippen LogP contribution >= 0.6 is 0 Å². The van der Waals surface area contributed by atoms with Crippen molar-refractivity contribution >= 4 is 5.91 Å². The van der Waals surface area contributed by atoms with Gasteiger partial charge in [-0.25, -0.2) is 0 Å². The number of hydrogen-bond acceptors (Lipinski definition) is 6. The number of likely N-dealkylation sites (tertiary alicyclic amines) is 2. The molecule has 7 nitrogen and oxygen atoms in total. The molecule has 2 fully saturated rings. The maximum atomic E-state index is 11.5. The van der Waals surface area contributed by atoms with E-state index in [4.69, 9.17) is 4.52 Å². The quantitative estimate of drug-likeness (QED) is 0.896. The van der Waals surface area contributed by atoms with Crippen molar-refractivity contribution in [3.05, 3.63) is 11.7 Å². The zero-order valence-corrected chi connectivity index (χ0v) is 14.7. The van der Waals surface area contributed by atoms with Crippen molar-refractivity contribution in [1.82, 2.24) is 19.9 Å². The Morgan fingerprint density at radius 3 is 2.67 bits per heavy atom. The van der Waals surface area contributed by atoms with Gasteiger partial charge in [0.1, 0.15) is 0 Å². The second-order valence-corrected chi connectivity index (χ2v) is 7.31. The van der Waals surface area contributed by atoms with Gasteiger partial charge in [-0.2, -0.15) is 4.98 Å². The summed E-state index contributed by atoms with van der Waals surface area (Å²) in [5, 5.41) is 14.8. The van der Waals surface area contributed by atoms with E-state index in [1.807, 2.05) is 11.8 Å². The van der Waals surface area contributed by atoms with Crippen LogP contribution in [0, 0.1) is 6.92 Å². The molecule has 24 heavy (non-hydrogen) atoms. The fraction of sp³-hybridized carbons (Fsp3) is 0.824. The molecule has 0 spiro atoms. The Labute approximate surface area is 143 Å². The van der Waals surface area contributed by atoms with E-state index in [-0.39, 0.29) is 5.91 Å². The van der Waals surface area contributed by atoms with Gasteiger partial charge in [-0.1, -0.05) is 5.16 Å². The van der Waals surface area contributed by atoms with Crippen LogP contribution in [0.5, 0.6) is 0 Å². The van der Waals surface area contributed by atoms with Crippen LogP contribution in [-0.4, -0.2) is 69.3 Å². The smallest absolute Gasteiger partial charge is 0.229 e. The Morgan fingerprint density at radius 2 is 2.04 bits per heavy atom. The van der Waals surface area contributed by atoms with Gasteiger partial charge in [-0.05, 0) is 52.1 Å². The first-order valence-electron chi connectivity index (χ1n) is 8.96. The van der Waals surface area contributed by atoms with Crippen LogP contribution in [0.4, 0.5) is 0 Å².